The number of piperazine rings is 1. The van der Waals surface area contributed by atoms with Crippen LogP contribution in [0.15, 0.2) is 95.4 Å². The molecule has 4 atom stereocenters. The molecule has 2 aromatic carbocycles. The summed E-state index contributed by atoms with van der Waals surface area (Å²) in [6, 6.07) is 21.8. The first-order valence-electron chi connectivity index (χ1n) is 23.9. The smallest absolute Gasteiger partial charge is 0.243 e. The van der Waals surface area contributed by atoms with Crippen molar-refractivity contribution in [1.29, 1.82) is 0 Å². The lowest BCUT2D eigenvalue weighted by molar-refractivity contribution is -0.141. The second-order valence-corrected chi connectivity index (χ2v) is 19.9. The SMILES string of the molecule is Cc1ncsc1-c1ccc([C@H](C)NC(=O)[C@@H]2C[C@@H](O)CN2C(=O)[C@@H](c2cc(N3CCN(CCC4CCN(c5ccc(-c6ccc7c(c6)[nH]c6ccncc67)cn5)CC4)CC3)no2)C(C)C)cc1. The number of pyridine rings is 2. The van der Waals surface area contributed by atoms with Crippen LogP contribution in [0.2, 0.25) is 0 Å². The molecule has 3 saturated heterocycles. The summed E-state index contributed by atoms with van der Waals surface area (Å²) in [5.74, 6) is 1.68. The summed E-state index contributed by atoms with van der Waals surface area (Å²) in [5, 5.41) is 20.6. The maximum absolute atomic E-state index is 14.3. The monoisotopic (exact) mass is 920 g/mol. The van der Waals surface area contributed by atoms with Crippen LogP contribution in [0.5, 0.6) is 0 Å². The average Bonchev–Trinajstić information content (AvgIpc) is 4.17. The number of anilines is 2. The predicted molar refractivity (Wildman–Crippen MR) is 264 cm³/mol. The molecule has 14 nitrogen and oxygen atoms in total. The number of aromatic amines is 1. The topological polar surface area (TPSA) is 160 Å². The number of nitrogens with one attached hydrogen (secondary N) is 2. The fourth-order valence-corrected chi connectivity index (χ4v) is 11.2. The van der Waals surface area contributed by atoms with Gasteiger partial charge in [0.1, 0.15) is 17.8 Å². The maximum atomic E-state index is 14.3. The van der Waals surface area contributed by atoms with E-state index in [1.54, 1.807) is 11.3 Å². The molecule has 7 aromatic rings. The van der Waals surface area contributed by atoms with Gasteiger partial charge >= 0.3 is 0 Å². The third kappa shape index (κ3) is 9.41. The quantitative estimate of drug-likeness (QED) is 0.102. The van der Waals surface area contributed by atoms with E-state index in [1.165, 1.54) is 16.7 Å². The van der Waals surface area contributed by atoms with Crippen LogP contribution in [0.4, 0.5) is 11.6 Å². The van der Waals surface area contributed by atoms with E-state index in [9.17, 15) is 14.7 Å². The molecule has 67 heavy (non-hydrogen) atoms. The van der Waals surface area contributed by atoms with Crippen LogP contribution in [0.25, 0.3) is 43.4 Å². The minimum atomic E-state index is -0.793. The van der Waals surface area contributed by atoms with Gasteiger partial charge in [-0.25, -0.2) is 9.97 Å². The number of thiazole rings is 1. The second-order valence-electron chi connectivity index (χ2n) is 19.1. The molecule has 15 heteroatoms. The molecule has 348 valence electrons. The Bertz CT molecular complexity index is 2820. The van der Waals surface area contributed by atoms with E-state index in [2.05, 4.69) is 70.5 Å². The van der Waals surface area contributed by atoms with Crippen molar-refractivity contribution in [3.63, 3.8) is 0 Å². The normalized spacial score (nSPS) is 19.5. The summed E-state index contributed by atoms with van der Waals surface area (Å²) in [6.45, 7) is 14.6. The van der Waals surface area contributed by atoms with Crippen molar-refractivity contribution in [2.75, 3.05) is 62.2 Å². The van der Waals surface area contributed by atoms with E-state index in [4.69, 9.17) is 9.51 Å². The number of amides is 2. The van der Waals surface area contributed by atoms with Crippen molar-refractivity contribution in [3.05, 3.63) is 108 Å². The number of H-pyrrole nitrogens is 1. The largest absolute Gasteiger partial charge is 0.391 e. The van der Waals surface area contributed by atoms with Crippen molar-refractivity contribution in [2.24, 2.45) is 11.8 Å². The molecule has 0 spiro atoms. The van der Waals surface area contributed by atoms with Gasteiger partial charge in [0, 0.05) is 104 Å². The van der Waals surface area contributed by atoms with Crippen LogP contribution in [-0.4, -0.2) is 116 Å². The first-order chi connectivity index (χ1) is 32.6. The zero-order valence-corrected chi connectivity index (χ0v) is 39.6. The Morgan fingerprint density at radius 3 is 2.34 bits per heavy atom. The van der Waals surface area contributed by atoms with Crippen LogP contribution >= 0.6 is 11.3 Å². The highest BCUT2D eigenvalue weighted by Gasteiger charge is 2.43. The molecule has 2 amide bonds. The summed E-state index contributed by atoms with van der Waals surface area (Å²) in [6.07, 6.45) is 8.63. The summed E-state index contributed by atoms with van der Waals surface area (Å²) < 4.78 is 5.92. The number of aliphatic hydroxyl groups excluding tert-OH is 1. The first-order valence-corrected chi connectivity index (χ1v) is 24.7. The van der Waals surface area contributed by atoms with E-state index in [1.807, 2.05) is 88.2 Å². The molecule has 3 fully saturated rings. The first kappa shape index (κ1) is 44.7. The van der Waals surface area contributed by atoms with Gasteiger partial charge in [-0.2, -0.15) is 0 Å². The molecule has 8 heterocycles. The fourth-order valence-electron chi connectivity index (χ4n) is 10.4. The van der Waals surface area contributed by atoms with Gasteiger partial charge in [0.15, 0.2) is 11.6 Å². The number of benzene rings is 2. The second kappa shape index (κ2) is 19.2. The number of carbonyl (C=O) groups excluding carboxylic acids is 2. The lowest BCUT2D eigenvalue weighted by Gasteiger charge is -2.37. The number of hydrogen-bond donors (Lipinski definition) is 3. The van der Waals surface area contributed by atoms with Crippen molar-refractivity contribution < 1.29 is 19.2 Å². The third-order valence-electron chi connectivity index (χ3n) is 14.4. The van der Waals surface area contributed by atoms with Gasteiger partial charge in [-0.15, -0.1) is 11.3 Å². The van der Waals surface area contributed by atoms with Gasteiger partial charge in [0.25, 0.3) is 0 Å². The number of aliphatic hydroxyl groups is 1. The van der Waals surface area contributed by atoms with Crippen molar-refractivity contribution >= 4 is 56.6 Å². The number of piperidine rings is 1. The number of fused-ring (bicyclic) bond motifs is 3. The number of aryl methyl sites for hydroxylation is 1. The zero-order valence-electron chi connectivity index (χ0n) is 38.8. The van der Waals surface area contributed by atoms with Crippen LogP contribution in [0.1, 0.15) is 75.4 Å². The van der Waals surface area contributed by atoms with Crippen LogP contribution < -0.4 is 15.1 Å². The van der Waals surface area contributed by atoms with Gasteiger partial charge in [-0.3, -0.25) is 19.5 Å². The van der Waals surface area contributed by atoms with Crippen molar-refractivity contribution in [2.45, 2.75) is 77.5 Å². The Labute approximate surface area is 395 Å². The number of hydrogen-bond acceptors (Lipinski definition) is 12. The van der Waals surface area contributed by atoms with Crippen LogP contribution in [0, 0.1) is 18.8 Å². The Kier molecular flexibility index (Phi) is 12.8. The molecule has 10 rings (SSSR count). The minimum Gasteiger partial charge on any atom is -0.391 e. The molecule has 3 aliphatic heterocycles. The molecule has 0 saturated carbocycles. The molecular formula is C52H60N10O4S. The van der Waals surface area contributed by atoms with Gasteiger partial charge < -0.3 is 34.6 Å². The number of nitrogens with zero attached hydrogens (tertiary/aromatic N) is 8. The highest BCUT2D eigenvalue weighted by molar-refractivity contribution is 7.13. The summed E-state index contributed by atoms with van der Waals surface area (Å²) in [7, 11) is 0. The fraction of sp³-hybridized carbons (Fsp3) is 0.423. The van der Waals surface area contributed by atoms with Gasteiger partial charge in [0.05, 0.1) is 28.2 Å². The lowest BCUT2D eigenvalue weighted by Crippen LogP contribution is -2.48. The number of likely N-dealkylation sites (tertiary alicyclic amines) is 1. The number of rotatable bonds is 13. The van der Waals surface area contributed by atoms with E-state index in [0.29, 0.717) is 11.7 Å². The summed E-state index contributed by atoms with van der Waals surface area (Å²) in [4.78, 5) is 55.1. The number of aromatic nitrogens is 5. The molecule has 0 aliphatic carbocycles. The summed E-state index contributed by atoms with van der Waals surface area (Å²) in [5.41, 5.74) is 9.33. The molecule has 5 aromatic heterocycles. The van der Waals surface area contributed by atoms with E-state index in [0.717, 1.165) is 120 Å². The molecule has 0 unspecified atom stereocenters. The lowest BCUT2D eigenvalue weighted by atomic mass is 9.91. The van der Waals surface area contributed by atoms with Gasteiger partial charge in [0.2, 0.25) is 11.8 Å². The highest BCUT2D eigenvalue weighted by atomic mass is 32.1. The average molecular weight is 921 g/mol. The predicted octanol–water partition coefficient (Wildman–Crippen LogP) is 8.21. The molecule has 3 aliphatic rings. The third-order valence-corrected chi connectivity index (χ3v) is 15.3. The molecule has 0 radical (unpaired) electrons. The van der Waals surface area contributed by atoms with Crippen LogP contribution in [-0.2, 0) is 9.59 Å². The van der Waals surface area contributed by atoms with Crippen molar-refractivity contribution in [3.8, 4) is 21.6 Å². The number of carbonyl (C=O) groups is 2. The Hall–Kier alpha value is -6.16. The Morgan fingerprint density at radius 2 is 1.61 bits per heavy atom. The molecular weight excluding hydrogens is 861 g/mol. The summed E-state index contributed by atoms with van der Waals surface area (Å²) >= 11 is 1.60. The molecule has 3 N–H and O–H groups in total. The van der Waals surface area contributed by atoms with Gasteiger partial charge in [-0.05, 0) is 92.4 Å². The number of β-amino-alcohol motifs (C(OH)–C–C–N with tert-alkyl or cyclic N) is 1. The molecule has 0 bridgehead atoms. The van der Waals surface area contributed by atoms with Crippen LogP contribution in [0.3, 0.4) is 0 Å². The van der Waals surface area contributed by atoms with Gasteiger partial charge in [-0.1, -0.05) is 55.4 Å². The Balaban J connectivity index is 0.684. The standard InChI is InChI=1S/C52H60N10O4S/c1-32(2)49(52(65)62-30-40(63)26-45(62)51(64)56-33(3)36-5-7-37(8-6-36)50-34(4)55-31-67-50)46-27-48(58-66-46)61-23-21-59(22-24-61)18-14-35-15-19-60(20-16-35)47-12-10-39(28-54-47)38-9-11-41-42-29-53-17-13-43(42)57-44(41)25-38/h5-13,17,25,27-29,31-33,35,40,45,49,57,63H,14-16,18-24,26,30H2,1-4H3,(H,56,64)/t33-,40+,45-,49+/m0/s1. The van der Waals surface area contributed by atoms with E-state index < -0.39 is 18.1 Å². The maximum Gasteiger partial charge on any atom is 0.243 e. The zero-order chi connectivity index (χ0) is 46.2. The highest BCUT2D eigenvalue weighted by Crippen LogP contribution is 2.35. The Morgan fingerprint density at radius 1 is 0.851 bits per heavy atom. The van der Waals surface area contributed by atoms with Crippen molar-refractivity contribution in [1.82, 2.24) is 40.2 Å². The van der Waals surface area contributed by atoms with E-state index in [-0.39, 0.29) is 36.7 Å². The minimum absolute atomic E-state index is 0.0920. The van der Waals surface area contributed by atoms with E-state index >= 15 is 0 Å².